The first-order chi connectivity index (χ1) is 7.22. The van der Waals surface area contributed by atoms with E-state index in [4.69, 9.17) is 4.74 Å². The van der Waals surface area contributed by atoms with Crippen molar-refractivity contribution < 1.29 is 9.84 Å². The SMILES string of the molecule is CCC(C)SCC(O)CC1CCOCC1. The number of thioether (sulfide) groups is 1. The number of hydrogen-bond acceptors (Lipinski definition) is 3. The van der Waals surface area contributed by atoms with Gasteiger partial charge < -0.3 is 9.84 Å². The number of ether oxygens (including phenoxy) is 1. The van der Waals surface area contributed by atoms with Crippen LogP contribution in [0.2, 0.25) is 0 Å². The highest BCUT2D eigenvalue weighted by atomic mass is 32.2. The predicted octanol–water partition coefficient (Wildman–Crippen LogP) is 2.70. The summed E-state index contributed by atoms with van der Waals surface area (Å²) in [5.74, 6) is 1.58. The molecule has 0 aromatic carbocycles. The van der Waals surface area contributed by atoms with Gasteiger partial charge in [-0.2, -0.15) is 11.8 Å². The monoisotopic (exact) mass is 232 g/mol. The standard InChI is InChI=1S/C12H24O2S/c1-3-10(2)15-9-12(13)8-11-4-6-14-7-5-11/h10-13H,3-9H2,1-2H3. The molecule has 1 N–H and O–H groups in total. The maximum absolute atomic E-state index is 9.88. The van der Waals surface area contributed by atoms with E-state index in [2.05, 4.69) is 13.8 Å². The predicted molar refractivity (Wildman–Crippen MR) is 66.4 cm³/mol. The van der Waals surface area contributed by atoms with Gasteiger partial charge in [0.15, 0.2) is 0 Å². The van der Waals surface area contributed by atoms with Crippen LogP contribution in [0.15, 0.2) is 0 Å². The summed E-state index contributed by atoms with van der Waals surface area (Å²) >= 11 is 1.89. The molecule has 0 aromatic heterocycles. The Morgan fingerprint density at radius 3 is 2.67 bits per heavy atom. The minimum absolute atomic E-state index is 0.118. The van der Waals surface area contributed by atoms with E-state index in [9.17, 15) is 5.11 Å². The fraction of sp³-hybridized carbons (Fsp3) is 1.00. The zero-order valence-corrected chi connectivity index (χ0v) is 10.8. The average molecular weight is 232 g/mol. The second kappa shape index (κ2) is 7.53. The van der Waals surface area contributed by atoms with Gasteiger partial charge in [-0.3, -0.25) is 0 Å². The van der Waals surface area contributed by atoms with E-state index < -0.39 is 0 Å². The maximum atomic E-state index is 9.88. The maximum Gasteiger partial charge on any atom is 0.0633 e. The van der Waals surface area contributed by atoms with Crippen molar-refractivity contribution in [2.45, 2.75) is 50.9 Å². The Morgan fingerprint density at radius 2 is 2.07 bits per heavy atom. The topological polar surface area (TPSA) is 29.5 Å². The molecule has 3 heteroatoms. The minimum atomic E-state index is -0.118. The van der Waals surface area contributed by atoms with Crippen molar-refractivity contribution in [3.63, 3.8) is 0 Å². The van der Waals surface area contributed by atoms with Gasteiger partial charge in [0.2, 0.25) is 0 Å². The zero-order chi connectivity index (χ0) is 11.1. The second-order valence-electron chi connectivity index (χ2n) is 4.50. The summed E-state index contributed by atoms with van der Waals surface area (Å²) < 4.78 is 5.31. The van der Waals surface area contributed by atoms with Crippen LogP contribution in [-0.2, 0) is 4.74 Å². The van der Waals surface area contributed by atoms with Crippen molar-refractivity contribution in [2.24, 2.45) is 5.92 Å². The molecular formula is C12H24O2S. The van der Waals surface area contributed by atoms with E-state index in [-0.39, 0.29) is 6.10 Å². The molecule has 15 heavy (non-hydrogen) atoms. The van der Waals surface area contributed by atoms with Gasteiger partial charge >= 0.3 is 0 Å². The quantitative estimate of drug-likeness (QED) is 0.763. The Bertz CT molecular complexity index is 158. The van der Waals surface area contributed by atoms with Gasteiger partial charge in [0.25, 0.3) is 0 Å². The molecule has 1 heterocycles. The first kappa shape index (κ1) is 13.3. The largest absolute Gasteiger partial charge is 0.392 e. The first-order valence-electron chi connectivity index (χ1n) is 6.09. The molecule has 0 saturated carbocycles. The van der Waals surface area contributed by atoms with Crippen LogP contribution < -0.4 is 0 Å². The zero-order valence-electron chi connectivity index (χ0n) is 9.95. The Kier molecular flexibility index (Phi) is 6.69. The summed E-state index contributed by atoms with van der Waals surface area (Å²) in [6.45, 7) is 6.19. The summed E-state index contributed by atoms with van der Waals surface area (Å²) in [4.78, 5) is 0. The lowest BCUT2D eigenvalue weighted by molar-refractivity contribution is 0.0478. The van der Waals surface area contributed by atoms with Gasteiger partial charge in [-0.05, 0) is 31.6 Å². The molecule has 2 unspecified atom stereocenters. The molecule has 90 valence electrons. The van der Waals surface area contributed by atoms with Crippen LogP contribution in [0.5, 0.6) is 0 Å². The molecule has 1 aliphatic heterocycles. The van der Waals surface area contributed by atoms with Gasteiger partial charge in [0, 0.05) is 24.2 Å². The molecule has 0 radical (unpaired) electrons. The molecule has 2 nitrogen and oxygen atoms in total. The van der Waals surface area contributed by atoms with Crippen LogP contribution in [0.4, 0.5) is 0 Å². The molecule has 0 aromatic rings. The summed E-state index contributed by atoms with van der Waals surface area (Å²) in [7, 11) is 0. The normalized spacial score (nSPS) is 22.6. The molecule has 1 aliphatic rings. The molecule has 1 fully saturated rings. The minimum Gasteiger partial charge on any atom is -0.392 e. The van der Waals surface area contributed by atoms with Crippen molar-refractivity contribution in [3.8, 4) is 0 Å². The first-order valence-corrected chi connectivity index (χ1v) is 7.14. The summed E-state index contributed by atoms with van der Waals surface area (Å²) in [5.41, 5.74) is 0. The fourth-order valence-electron chi connectivity index (χ4n) is 1.83. The third-order valence-electron chi connectivity index (χ3n) is 3.09. The van der Waals surface area contributed by atoms with Crippen molar-refractivity contribution >= 4 is 11.8 Å². The average Bonchev–Trinajstić information content (AvgIpc) is 2.27. The number of aliphatic hydroxyl groups is 1. The summed E-state index contributed by atoms with van der Waals surface area (Å²) in [6, 6.07) is 0. The third-order valence-corrected chi connectivity index (χ3v) is 4.57. The molecule has 0 bridgehead atoms. The van der Waals surface area contributed by atoms with Crippen molar-refractivity contribution in [1.29, 1.82) is 0 Å². The molecule has 1 saturated heterocycles. The van der Waals surface area contributed by atoms with Crippen molar-refractivity contribution in [3.05, 3.63) is 0 Å². The highest BCUT2D eigenvalue weighted by Gasteiger charge is 2.18. The van der Waals surface area contributed by atoms with Crippen LogP contribution in [0.1, 0.15) is 39.5 Å². The van der Waals surface area contributed by atoms with Crippen LogP contribution >= 0.6 is 11.8 Å². The lowest BCUT2D eigenvalue weighted by Crippen LogP contribution is -2.22. The van der Waals surface area contributed by atoms with E-state index in [1.807, 2.05) is 11.8 Å². The molecular weight excluding hydrogens is 208 g/mol. The molecule has 0 spiro atoms. The number of hydrogen-bond donors (Lipinski definition) is 1. The van der Waals surface area contributed by atoms with E-state index in [0.717, 1.165) is 38.2 Å². The van der Waals surface area contributed by atoms with Crippen molar-refractivity contribution in [2.75, 3.05) is 19.0 Å². The van der Waals surface area contributed by atoms with Crippen LogP contribution in [-0.4, -0.2) is 35.4 Å². The van der Waals surface area contributed by atoms with Gasteiger partial charge in [-0.25, -0.2) is 0 Å². The van der Waals surface area contributed by atoms with E-state index in [0.29, 0.717) is 11.2 Å². The van der Waals surface area contributed by atoms with Gasteiger partial charge in [-0.15, -0.1) is 0 Å². The number of rotatable bonds is 6. The van der Waals surface area contributed by atoms with Gasteiger partial charge in [0.05, 0.1) is 6.10 Å². The third kappa shape index (κ3) is 5.79. The van der Waals surface area contributed by atoms with Crippen LogP contribution in [0.25, 0.3) is 0 Å². The highest BCUT2D eigenvalue weighted by molar-refractivity contribution is 7.99. The molecule has 1 rings (SSSR count). The van der Waals surface area contributed by atoms with Crippen molar-refractivity contribution in [1.82, 2.24) is 0 Å². The molecule has 0 aliphatic carbocycles. The number of aliphatic hydroxyl groups excluding tert-OH is 1. The smallest absolute Gasteiger partial charge is 0.0633 e. The fourth-order valence-corrected chi connectivity index (χ4v) is 2.75. The van der Waals surface area contributed by atoms with Crippen LogP contribution in [0, 0.1) is 5.92 Å². The van der Waals surface area contributed by atoms with E-state index in [1.54, 1.807) is 0 Å². The summed E-state index contributed by atoms with van der Waals surface area (Å²) in [6.07, 6.45) is 4.30. The van der Waals surface area contributed by atoms with E-state index in [1.165, 1.54) is 6.42 Å². The lowest BCUT2D eigenvalue weighted by atomic mass is 9.94. The highest BCUT2D eigenvalue weighted by Crippen LogP contribution is 2.23. The lowest BCUT2D eigenvalue weighted by Gasteiger charge is -2.24. The van der Waals surface area contributed by atoms with Gasteiger partial charge in [0.1, 0.15) is 0 Å². The summed E-state index contributed by atoms with van der Waals surface area (Å²) in [5, 5.41) is 10.6. The Labute approximate surface area is 97.8 Å². The Balaban J connectivity index is 2.08. The molecule has 2 atom stereocenters. The van der Waals surface area contributed by atoms with Crippen LogP contribution in [0.3, 0.4) is 0 Å². The van der Waals surface area contributed by atoms with Gasteiger partial charge in [-0.1, -0.05) is 13.8 Å². The van der Waals surface area contributed by atoms with E-state index >= 15 is 0 Å². The second-order valence-corrected chi connectivity index (χ2v) is 5.97. The Morgan fingerprint density at radius 1 is 1.40 bits per heavy atom. The Hall–Kier alpha value is 0.270. The molecule has 0 amide bonds.